The van der Waals surface area contributed by atoms with Crippen LogP contribution in [0.3, 0.4) is 0 Å². The summed E-state index contributed by atoms with van der Waals surface area (Å²) < 4.78 is 0. The number of nitrogens with zero attached hydrogens (tertiary/aromatic N) is 3. The first-order valence-corrected chi connectivity index (χ1v) is 7.22. The van der Waals surface area contributed by atoms with Crippen molar-refractivity contribution >= 4 is 43.5 Å². The lowest BCUT2D eigenvalue weighted by Crippen LogP contribution is -1.90. The molecule has 3 heteroatoms. The lowest BCUT2D eigenvalue weighted by molar-refractivity contribution is 1.31. The van der Waals surface area contributed by atoms with E-state index in [4.69, 9.17) is 0 Å². The van der Waals surface area contributed by atoms with Gasteiger partial charge in [-0.05, 0) is 35.0 Å². The maximum Gasteiger partial charge on any atom is 0.0987 e. The van der Waals surface area contributed by atoms with Crippen LogP contribution in [0.2, 0.25) is 0 Å². The van der Waals surface area contributed by atoms with Crippen LogP contribution in [0.1, 0.15) is 0 Å². The van der Waals surface area contributed by atoms with Gasteiger partial charge in [-0.3, -0.25) is 15.0 Å². The molecule has 0 radical (unpaired) electrons. The van der Waals surface area contributed by atoms with E-state index in [9.17, 15) is 0 Å². The van der Waals surface area contributed by atoms with Gasteiger partial charge in [0.1, 0.15) is 0 Å². The zero-order valence-electron chi connectivity index (χ0n) is 11.7. The lowest BCUT2D eigenvalue weighted by atomic mass is 9.99. The molecule has 0 saturated carbocycles. The van der Waals surface area contributed by atoms with E-state index < -0.39 is 0 Å². The Bertz CT molecular complexity index is 1080. The summed E-state index contributed by atoms with van der Waals surface area (Å²) in [7, 11) is 0. The first-order chi connectivity index (χ1) is 10.9. The first-order valence-electron chi connectivity index (χ1n) is 7.22. The largest absolute Gasteiger partial charge is 0.256 e. The van der Waals surface area contributed by atoms with Crippen LogP contribution in [-0.4, -0.2) is 15.0 Å². The molecule has 0 atom stereocenters. The molecule has 2 heterocycles. The molecule has 0 amide bonds. The SMILES string of the molecule is c1ccc2cc3c(cc2c1)c1ncccc1c1nccnc31. The molecule has 0 bridgehead atoms. The average Bonchev–Trinajstić information content (AvgIpc) is 2.61. The molecule has 22 heavy (non-hydrogen) atoms. The van der Waals surface area contributed by atoms with E-state index >= 15 is 0 Å². The normalized spacial score (nSPS) is 11.6. The number of aromatic nitrogens is 3. The minimum absolute atomic E-state index is 0.911. The van der Waals surface area contributed by atoms with E-state index in [0.29, 0.717) is 0 Å². The Balaban J connectivity index is 2.17. The number of hydrogen-bond acceptors (Lipinski definition) is 3. The van der Waals surface area contributed by atoms with Crippen LogP contribution >= 0.6 is 0 Å². The van der Waals surface area contributed by atoms with Gasteiger partial charge in [-0.15, -0.1) is 0 Å². The molecule has 102 valence electrons. The van der Waals surface area contributed by atoms with Gasteiger partial charge in [0.05, 0.1) is 16.6 Å². The quantitative estimate of drug-likeness (QED) is 0.310. The van der Waals surface area contributed by atoms with E-state index in [0.717, 1.165) is 32.7 Å². The second kappa shape index (κ2) is 4.21. The highest BCUT2D eigenvalue weighted by molar-refractivity contribution is 6.23. The Hall–Kier alpha value is -3.07. The molecule has 3 nitrogen and oxygen atoms in total. The van der Waals surface area contributed by atoms with Gasteiger partial charge >= 0.3 is 0 Å². The predicted molar refractivity (Wildman–Crippen MR) is 89.9 cm³/mol. The van der Waals surface area contributed by atoms with Crippen molar-refractivity contribution in [2.75, 3.05) is 0 Å². The van der Waals surface area contributed by atoms with Crippen LogP contribution in [-0.2, 0) is 0 Å². The fourth-order valence-corrected chi connectivity index (χ4v) is 3.18. The molecular formula is C19H11N3. The van der Waals surface area contributed by atoms with Gasteiger partial charge in [0.2, 0.25) is 0 Å². The van der Waals surface area contributed by atoms with Crippen molar-refractivity contribution in [3.05, 3.63) is 67.1 Å². The summed E-state index contributed by atoms with van der Waals surface area (Å²) in [6.07, 6.45) is 5.32. The molecule has 5 rings (SSSR count). The Labute approximate surface area is 126 Å². The van der Waals surface area contributed by atoms with E-state index in [1.54, 1.807) is 12.4 Å². The van der Waals surface area contributed by atoms with Crippen molar-refractivity contribution in [1.82, 2.24) is 15.0 Å². The topological polar surface area (TPSA) is 38.7 Å². The zero-order valence-corrected chi connectivity index (χ0v) is 11.7. The third-order valence-corrected chi connectivity index (χ3v) is 4.16. The second-order valence-corrected chi connectivity index (χ2v) is 5.40. The molecule has 3 aromatic carbocycles. The maximum absolute atomic E-state index is 4.60. The van der Waals surface area contributed by atoms with E-state index in [1.165, 1.54) is 10.8 Å². The molecule has 0 saturated heterocycles. The molecule has 0 N–H and O–H groups in total. The number of fused-ring (bicyclic) bond motifs is 7. The van der Waals surface area contributed by atoms with Crippen molar-refractivity contribution in [2.24, 2.45) is 0 Å². The number of pyridine rings is 1. The fourth-order valence-electron chi connectivity index (χ4n) is 3.18. The van der Waals surface area contributed by atoms with Gasteiger partial charge in [-0.25, -0.2) is 0 Å². The highest BCUT2D eigenvalue weighted by atomic mass is 14.8. The summed E-state index contributed by atoms with van der Waals surface area (Å²) in [5, 5.41) is 5.70. The Kier molecular flexibility index (Phi) is 2.22. The van der Waals surface area contributed by atoms with Crippen LogP contribution in [0.25, 0.3) is 43.5 Å². The third-order valence-electron chi connectivity index (χ3n) is 4.16. The highest BCUT2D eigenvalue weighted by Gasteiger charge is 2.11. The van der Waals surface area contributed by atoms with Crippen LogP contribution in [0, 0.1) is 0 Å². The summed E-state index contributed by atoms with van der Waals surface area (Å²) in [5.74, 6) is 0. The molecule has 0 spiro atoms. The summed E-state index contributed by atoms with van der Waals surface area (Å²) >= 11 is 0. The summed E-state index contributed by atoms with van der Waals surface area (Å²) in [6.45, 7) is 0. The van der Waals surface area contributed by atoms with Crippen LogP contribution in [0.15, 0.2) is 67.1 Å². The van der Waals surface area contributed by atoms with Gasteiger partial charge in [0.25, 0.3) is 0 Å². The maximum atomic E-state index is 4.60. The second-order valence-electron chi connectivity index (χ2n) is 5.40. The number of rotatable bonds is 0. The first kappa shape index (κ1) is 11.6. The Morgan fingerprint density at radius 3 is 1.82 bits per heavy atom. The summed E-state index contributed by atoms with van der Waals surface area (Å²) in [4.78, 5) is 13.7. The van der Waals surface area contributed by atoms with E-state index in [2.05, 4.69) is 57.4 Å². The minimum atomic E-state index is 0.911. The molecule has 5 aromatic rings. The van der Waals surface area contributed by atoms with Gasteiger partial charge in [0, 0.05) is 34.7 Å². The van der Waals surface area contributed by atoms with Gasteiger partial charge in [-0.1, -0.05) is 24.3 Å². The van der Waals surface area contributed by atoms with Gasteiger partial charge in [-0.2, -0.15) is 0 Å². The van der Waals surface area contributed by atoms with Crippen LogP contribution in [0.4, 0.5) is 0 Å². The Morgan fingerprint density at radius 2 is 1.09 bits per heavy atom. The highest BCUT2D eigenvalue weighted by Crippen LogP contribution is 2.33. The average molecular weight is 281 g/mol. The van der Waals surface area contributed by atoms with E-state index in [1.807, 2.05) is 12.3 Å². The van der Waals surface area contributed by atoms with Crippen molar-refractivity contribution in [1.29, 1.82) is 0 Å². The molecule has 0 fully saturated rings. The summed E-state index contributed by atoms with van der Waals surface area (Å²) in [6, 6.07) is 16.8. The summed E-state index contributed by atoms with van der Waals surface area (Å²) in [5.41, 5.74) is 2.83. The monoisotopic (exact) mass is 281 g/mol. The van der Waals surface area contributed by atoms with Crippen molar-refractivity contribution in [3.63, 3.8) is 0 Å². The standard InChI is InChI=1S/C19H11N3/c1-2-5-13-11-16-15(10-12(13)4-1)17-14(6-3-7-20-17)18-19(16)22-9-8-21-18/h1-11H. The van der Waals surface area contributed by atoms with Crippen LogP contribution in [0.5, 0.6) is 0 Å². The lowest BCUT2D eigenvalue weighted by Gasteiger charge is -2.09. The smallest absolute Gasteiger partial charge is 0.0987 e. The fraction of sp³-hybridized carbons (Fsp3) is 0. The van der Waals surface area contributed by atoms with Gasteiger partial charge < -0.3 is 0 Å². The number of benzene rings is 3. The van der Waals surface area contributed by atoms with Crippen molar-refractivity contribution < 1.29 is 0 Å². The number of hydrogen-bond donors (Lipinski definition) is 0. The molecular weight excluding hydrogens is 270 g/mol. The zero-order chi connectivity index (χ0) is 14.5. The molecule has 2 aromatic heterocycles. The predicted octanol–water partition coefficient (Wildman–Crippen LogP) is 4.48. The minimum Gasteiger partial charge on any atom is -0.256 e. The van der Waals surface area contributed by atoms with Crippen molar-refractivity contribution in [2.45, 2.75) is 0 Å². The van der Waals surface area contributed by atoms with Crippen LogP contribution < -0.4 is 0 Å². The van der Waals surface area contributed by atoms with Crippen molar-refractivity contribution in [3.8, 4) is 0 Å². The molecule has 0 unspecified atom stereocenters. The van der Waals surface area contributed by atoms with E-state index in [-0.39, 0.29) is 0 Å². The van der Waals surface area contributed by atoms with Gasteiger partial charge in [0.15, 0.2) is 0 Å². The molecule has 0 aliphatic rings. The molecule has 0 aliphatic heterocycles. The molecule has 0 aliphatic carbocycles. The Morgan fingerprint density at radius 1 is 0.500 bits per heavy atom. The third kappa shape index (κ3) is 1.48.